The van der Waals surface area contributed by atoms with Gasteiger partial charge in [0.25, 0.3) is 0 Å². The lowest BCUT2D eigenvalue weighted by Gasteiger charge is -2.26. The first kappa shape index (κ1) is 21.7. The van der Waals surface area contributed by atoms with E-state index in [1.807, 2.05) is 11.0 Å². The first-order valence-electron chi connectivity index (χ1n) is 10.5. The van der Waals surface area contributed by atoms with Crippen LogP contribution in [0.25, 0.3) is 0 Å². The van der Waals surface area contributed by atoms with Gasteiger partial charge in [0, 0.05) is 38.8 Å². The topological polar surface area (TPSA) is 44.8 Å². The van der Waals surface area contributed by atoms with Gasteiger partial charge in [-0.15, -0.1) is 0 Å². The van der Waals surface area contributed by atoms with Crippen LogP contribution in [0, 0.1) is 0 Å². The van der Waals surface area contributed by atoms with Crippen LogP contribution in [0.2, 0.25) is 0 Å². The summed E-state index contributed by atoms with van der Waals surface area (Å²) in [5, 5.41) is 3.56. The van der Waals surface area contributed by atoms with Crippen molar-refractivity contribution in [1.82, 2.24) is 15.1 Å². The minimum Gasteiger partial charge on any atom is -0.497 e. The summed E-state index contributed by atoms with van der Waals surface area (Å²) in [6.45, 7) is 11.3. The number of likely N-dealkylation sites (N-methyl/N-ethyl adjacent to an activating group) is 1. The summed E-state index contributed by atoms with van der Waals surface area (Å²) in [7, 11) is 1.71. The van der Waals surface area contributed by atoms with E-state index in [1.54, 1.807) is 7.11 Å². The molecule has 0 bridgehead atoms. The molecule has 0 spiro atoms. The Bertz CT molecular complexity index is 587. The summed E-state index contributed by atoms with van der Waals surface area (Å²) >= 11 is 0. The second-order valence-corrected chi connectivity index (χ2v) is 7.35. The quantitative estimate of drug-likeness (QED) is 0.683. The number of fused-ring (bicyclic) bond motifs is 1. The maximum atomic E-state index is 12.8. The lowest BCUT2D eigenvalue weighted by molar-refractivity contribution is -0.132. The zero-order valence-corrected chi connectivity index (χ0v) is 17.6. The summed E-state index contributed by atoms with van der Waals surface area (Å²) in [5.41, 5.74) is 2.73. The minimum atomic E-state index is 0.243. The van der Waals surface area contributed by atoms with Crippen LogP contribution in [-0.4, -0.2) is 68.1 Å². The van der Waals surface area contributed by atoms with E-state index in [0.29, 0.717) is 12.6 Å². The van der Waals surface area contributed by atoms with Crippen LogP contribution < -0.4 is 10.1 Å². The van der Waals surface area contributed by atoms with Crippen LogP contribution in [0.4, 0.5) is 0 Å². The van der Waals surface area contributed by atoms with Gasteiger partial charge in [-0.1, -0.05) is 19.9 Å². The summed E-state index contributed by atoms with van der Waals surface area (Å²) in [6, 6.07) is 6.90. The fourth-order valence-corrected chi connectivity index (χ4v) is 3.76. The molecular formula is C22H37N3O2. The molecule has 0 saturated heterocycles. The van der Waals surface area contributed by atoms with Gasteiger partial charge in [-0.2, -0.15) is 0 Å². The third kappa shape index (κ3) is 6.51. The second-order valence-electron chi connectivity index (χ2n) is 7.35. The molecule has 1 N–H and O–H groups in total. The molecule has 0 aromatic heterocycles. The Hall–Kier alpha value is -1.59. The van der Waals surface area contributed by atoms with E-state index < -0.39 is 0 Å². The molecule has 2 rings (SSSR count). The molecule has 0 aliphatic carbocycles. The largest absolute Gasteiger partial charge is 0.497 e. The number of ether oxygens (including phenoxy) is 1. The molecule has 5 nitrogen and oxygen atoms in total. The van der Waals surface area contributed by atoms with Crippen molar-refractivity contribution in [1.29, 1.82) is 0 Å². The molecule has 0 unspecified atom stereocenters. The number of methoxy groups -OCH3 is 1. The number of carbonyl (C=O) groups is 1. The molecule has 1 aliphatic rings. The van der Waals surface area contributed by atoms with Crippen LogP contribution >= 0.6 is 0 Å². The number of hydrogen-bond acceptors (Lipinski definition) is 4. The Labute approximate surface area is 165 Å². The molecule has 1 aromatic carbocycles. The summed E-state index contributed by atoms with van der Waals surface area (Å²) in [6.07, 6.45) is 4.24. The van der Waals surface area contributed by atoms with Gasteiger partial charge >= 0.3 is 0 Å². The van der Waals surface area contributed by atoms with Gasteiger partial charge in [0.15, 0.2) is 0 Å². The number of rotatable bonds is 10. The standard InChI is InChI=1S/C22H37N3O2/c1-5-20(6-2)23-12-15-25(7-3)22(26)17-24-13-10-18-8-9-21(27-4)16-19(18)11-14-24/h8-9,16,20,23H,5-7,10-15,17H2,1-4H3. The highest BCUT2D eigenvalue weighted by atomic mass is 16.5. The maximum Gasteiger partial charge on any atom is 0.236 e. The van der Waals surface area contributed by atoms with E-state index >= 15 is 0 Å². The van der Waals surface area contributed by atoms with Crippen LogP contribution in [0.1, 0.15) is 44.7 Å². The Kier molecular flexibility index (Phi) is 9.08. The van der Waals surface area contributed by atoms with Gasteiger partial charge in [-0.3, -0.25) is 9.69 Å². The fourth-order valence-electron chi connectivity index (χ4n) is 3.76. The van der Waals surface area contributed by atoms with Gasteiger partial charge in [-0.25, -0.2) is 0 Å². The minimum absolute atomic E-state index is 0.243. The molecule has 152 valence electrons. The molecular weight excluding hydrogens is 338 g/mol. The molecule has 1 amide bonds. The maximum absolute atomic E-state index is 12.8. The first-order valence-corrected chi connectivity index (χ1v) is 10.5. The van der Waals surface area contributed by atoms with Gasteiger partial charge in [0.05, 0.1) is 13.7 Å². The smallest absolute Gasteiger partial charge is 0.236 e. The molecule has 1 aliphatic heterocycles. The van der Waals surface area contributed by atoms with E-state index in [-0.39, 0.29) is 5.91 Å². The average molecular weight is 376 g/mol. The Morgan fingerprint density at radius 2 is 1.89 bits per heavy atom. The molecule has 1 aromatic rings. The zero-order chi connectivity index (χ0) is 19.6. The highest BCUT2D eigenvalue weighted by Crippen LogP contribution is 2.21. The molecule has 0 atom stereocenters. The monoisotopic (exact) mass is 375 g/mol. The number of amides is 1. The van der Waals surface area contributed by atoms with Crippen LogP contribution in [0.5, 0.6) is 5.75 Å². The summed E-state index contributed by atoms with van der Waals surface area (Å²) in [4.78, 5) is 17.1. The highest BCUT2D eigenvalue weighted by Gasteiger charge is 2.19. The average Bonchev–Trinajstić information content (AvgIpc) is 2.90. The normalized spacial score (nSPS) is 14.7. The van der Waals surface area contributed by atoms with Crippen molar-refractivity contribution in [2.24, 2.45) is 0 Å². The molecule has 0 saturated carbocycles. The lowest BCUT2D eigenvalue weighted by Crippen LogP contribution is -2.44. The molecule has 27 heavy (non-hydrogen) atoms. The Balaban J connectivity index is 1.83. The first-order chi connectivity index (χ1) is 13.1. The Morgan fingerprint density at radius 3 is 2.52 bits per heavy atom. The predicted molar refractivity (Wildman–Crippen MR) is 111 cm³/mol. The number of hydrogen-bond donors (Lipinski definition) is 1. The SMILES string of the molecule is CCC(CC)NCCN(CC)C(=O)CN1CCc2ccc(OC)cc2CC1. The summed E-state index contributed by atoms with van der Waals surface area (Å²) < 4.78 is 5.35. The van der Waals surface area contributed by atoms with Gasteiger partial charge in [0.1, 0.15) is 5.75 Å². The highest BCUT2D eigenvalue weighted by molar-refractivity contribution is 5.78. The Morgan fingerprint density at radius 1 is 1.19 bits per heavy atom. The van der Waals surface area contributed by atoms with Gasteiger partial charge < -0.3 is 15.0 Å². The molecule has 1 heterocycles. The summed E-state index contributed by atoms with van der Waals surface area (Å²) in [5.74, 6) is 1.16. The zero-order valence-electron chi connectivity index (χ0n) is 17.6. The van der Waals surface area contributed by atoms with Crippen molar-refractivity contribution >= 4 is 5.91 Å². The van der Waals surface area contributed by atoms with E-state index in [0.717, 1.165) is 64.2 Å². The van der Waals surface area contributed by atoms with Crippen molar-refractivity contribution in [3.8, 4) is 5.75 Å². The van der Waals surface area contributed by atoms with Crippen molar-refractivity contribution in [2.45, 2.75) is 52.5 Å². The van der Waals surface area contributed by atoms with Crippen molar-refractivity contribution in [3.63, 3.8) is 0 Å². The molecule has 0 radical (unpaired) electrons. The van der Waals surface area contributed by atoms with Crippen molar-refractivity contribution in [2.75, 3.05) is 46.4 Å². The van der Waals surface area contributed by atoms with Crippen molar-refractivity contribution in [3.05, 3.63) is 29.3 Å². The van der Waals surface area contributed by atoms with E-state index in [4.69, 9.17) is 4.74 Å². The second kappa shape index (κ2) is 11.3. The number of nitrogens with zero attached hydrogens (tertiary/aromatic N) is 2. The van der Waals surface area contributed by atoms with E-state index in [1.165, 1.54) is 11.1 Å². The van der Waals surface area contributed by atoms with Crippen LogP contribution in [0.15, 0.2) is 18.2 Å². The van der Waals surface area contributed by atoms with Gasteiger partial charge in [0.2, 0.25) is 5.91 Å². The molecule has 5 heteroatoms. The van der Waals surface area contributed by atoms with E-state index in [9.17, 15) is 4.79 Å². The third-order valence-electron chi connectivity index (χ3n) is 5.70. The van der Waals surface area contributed by atoms with Crippen LogP contribution in [-0.2, 0) is 17.6 Å². The lowest BCUT2D eigenvalue weighted by atomic mass is 10.0. The predicted octanol–water partition coefficient (Wildman–Crippen LogP) is 2.72. The van der Waals surface area contributed by atoms with Crippen molar-refractivity contribution < 1.29 is 9.53 Å². The van der Waals surface area contributed by atoms with Crippen LogP contribution in [0.3, 0.4) is 0 Å². The number of benzene rings is 1. The molecule has 0 fully saturated rings. The fraction of sp³-hybridized carbons (Fsp3) is 0.682. The number of nitrogens with one attached hydrogen (secondary N) is 1. The number of carbonyl (C=O) groups excluding carboxylic acids is 1. The van der Waals surface area contributed by atoms with E-state index in [2.05, 4.69) is 43.1 Å². The van der Waals surface area contributed by atoms with Gasteiger partial charge in [-0.05, 0) is 55.9 Å². The third-order valence-corrected chi connectivity index (χ3v) is 5.70.